The molecule has 1 atom stereocenters. The monoisotopic (exact) mass is 295 g/mol. The van der Waals surface area contributed by atoms with E-state index in [4.69, 9.17) is 0 Å². The fourth-order valence-electron chi connectivity index (χ4n) is 2.80. The fourth-order valence-corrected chi connectivity index (χ4v) is 2.80. The summed E-state index contributed by atoms with van der Waals surface area (Å²) in [6.07, 6.45) is 4.50. The van der Waals surface area contributed by atoms with Crippen molar-refractivity contribution in [3.63, 3.8) is 0 Å². The van der Waals surface area contributed by atoms with E-state index in [1.807, 2.05) is 12.1 Å². The molecule has 22 heavy (non-hydrogen) atoms. The highest BCUT2D eigenvalue weighted by molar-refractivity contribution is 5.84. The van der Waals surface area contributed by atoms with Gasteiger partial charge in [-0.25, -0.2) is 0 Å². The normalized spacial score (nSPS) is 17.4. The maximum Gasteiger partial charge on any atom is 0.270 e. The third-order valence-corrected chi connectivity index (χ3v) is 3.94. The van der Waals surface area contributed by atoms with Crippen LogP contribution in [-0.4, -0.2) is 11.1 Å². The van der Waals surface area contributed by atoms with Crippen molar-refractivity contribution < 1.29 is 10.0 Å². The van der Waals surface area contributed by atoms with Crippen molar-refractivity contribution in [1.82, 2.24) is 0 Å². The zero-order chi connectivity index (χ0) is 15.5. The summed E-state index contributed by atoms with van der Waals surface area (Å²) >= 11 is 0. The second-order valence-corrected chi connectivity index (χ2v) is 5.36. The van der Waals surface area contributed by atoms with E-state index < -0.39 is 4.92 Å². The summed E-state index contributed by atoms with van der Waals surface area (Å²) in [7, 11) is 0. The molecule has 0 bridgehead atoms. The Morgan fingerprint density at radius 1 is 1.23 bits per heavy atom. The zero-order valence-corrected chi connectivity index (χ0v) is 11.9. The number of nitro benzene ring substituents is 1. The van der Waals surface area contributed by atoms with Crippen LogP contribution in [0, 0.1) is 10.1 Å². The third kappa shape index (κ3) is 2.83. The Bertz CT molecular complexity index is 740. The lowest BCUT2D eigenvalue weighted by atomic mass is 9.88. The van der Waals surface area contributed by atoms with Crippen molar-refractivity contribution in [3.05, 3.63) is 69.3 Å². The quantitative estimate of drug-likeness (QED) is 0.495. The Balaban J connectivity index is 1.89. The van der Waals surface area contributed by atoms with Gasteiger partial charge in [0.1, 0.15) is 0 Å². The highest BCUT2D eigenvalue weighted by atomic mass is 16.6. The Labute approximate surface area is 128 Å². The highest BCUT2D eigenvalue weighted by Crippen LogP contribution is 2.32. The second kappa shape index (κ2) is 5.97. The number of benzene rings is 2. The minimum absolute atomic E-state index is 0.0172. The Hall–Kier alpha value is -2.69. The number of aliphatic imine (C=N–C) groups is 1. The number of rotatable bonds is 3. The lowest BCUT2D eigenvalue weighted by Gasteiger charge is -2.22. The van der Waals surface area contributed by atoms with Gasteiger partial charge in [0.2, 0.25) is 0 Å². The molecule has 5 heteroatoms. The molecule has 3 rings (SSSR count). The average Bonchev–Trinajstić information content (AvgIpc) is 2.54. The summed E-state index contributed by atoms with van der Waals surface area (Å²) in [6.45, 7) is 0. The molecular formula is C17H15N2O3-. The molecule has 0 unspecified atom stereocenters. The number of fused-ring (bicyclic) bond motifs is 1. The first kappa shape index (κ1) is 14.3. The van der Waals surface area contributed by atoms with Gasteiger partial charge < -0.3 is 5.11 Å². The largest absolute Gasteiger partial charge is 0.872 e. The van der Waals surface area contributed by atoms with Gasteiger partial charge in [-0.15, -0.1) is 0 Å². The lowest BCUT2D eigenvalue weighted by Crippen LogP contribution is -2.08. The smallest absolute Gasteiger partial charge is 0.270 e. The summed E-state index contributed by atoms with van der Waals surface area (Å²) in [5.41, 5.74) is 2.64. The molecule has 1 aliphatic rings. The minimum atomic E-state index is -0.507. The zero-order valence-electron chi connectivity index (χ0n) is 11.9. The van der Waals surface area contributed by atoms with Gasteiger partial charge in [-0.3, -0.25) is 15.1 Å². The summed E-state index contributed by atoms with van der Waals surface area (Å²) in [5.74, 6) is -0.251. The molecule has 1 aliphatic carbocycles. The molecule has 2 aromatic carbocycles. The molecule has 0 fully saturated rings. The molecule has 5 nitrogen and oxygen atoms in total. The van der Waals surface area contributed by atoms with Crippen LogP contribution in [-0.2, 0) is 6.42 Å². The van der Waals surface area contributed by atoms with E-state index in [0.717, 1.165) is 19.3 Å². The summed E-state index contributed by atoms with van der Waals surface area (Å²) < 4.78 is 0. The predicted molar refractivity (Wildman–Crippen MR) is 82.3 cm³/mol. The molecule has 0 aliphatic heterocycles. The van der Waals surface area contributed by atoms with E-state index in [2.05, 4.69) is 17.1 Å². The van der Waals surface area contributed by atoms with Crippen LogP contribution in [0.2, 0.25) is 0 Å². The van der Waals surface area contributed by atoms with Gasteiger partial charge in [-0.2, -0.15) is 0 Å². The fraction of sp³-hybridized carbons (Fsp3) is 0.235. The Morgan fingerprint density at radius 3 is 2.86 bits per heavy atom. The van der Waals surface area contributed by atoms with Gasteiger partial charge in [-0.1, -0.05) is 36.1 Å². The molecule has 0 aromatic heterocycles. The molecule has 0 saturated heterocycles. The van der Waals surface area contributed by atoms with Crippen molar-refractivity contribution in [2.24, 2.45) is 4.99 Å². The summed E-state index contributed by atoms with van der Waals surface area (Å²) in [4.78, 5) is 14.8. The van der Waals surface area contributed by atoms with Crippen LogP contribution in [0.1, 0.15) is 35.6 Å². The molecule has 0 N–H and O–H groups in total. The number of non-ortho nitro benzene ring substituents is 1. The highest BCUT2D eigenvalue weighted by Gasteiger charge is 2.18. The van der Waals surface area contributed by atoms with Gasteiger partial charge in [0.05, 0.1) is 11.0 Å². The van der Waals surface area contributed by atoms with Gasteiger partial charge in [0.25, 0.3) is 5.69 Å². The van der Waals surface area contributed by atoms with Crippen LogP contribution in [0.5, 0.6) is 5.75 Å². The molecule has 2 aromatic rings. The topological polar surface area (TPSA) is 78.6 Å². The third-order valence-electron chi connectivity index (χ3n) is 3.94. The second-order valence-electron chi connectivity index (χ2n) is 5.36. The maximum absolute atomic E-state index is 11.8. The van der Waals surface area contributed by atoms with Crippen molar-refractivity contribution >= 4 is 11.9 Å². The van der Waals surface area contributed by atoms with Crippen LogP contribution in [0.4, 0.5) is 5.69 Å². The Morgan fingerprint density at radius 2 is 2.05 bits per heavy atom. The summed E-state index contributed by atoms with van der Waals surface area (Å²) in [6, 6.07) is 11.9. The Kier molecular flexibility index (Phi) is 3.87. The van der Waals surface area contributed by atoms with E-state index in [9.17, 15) is 15.2 Å². The molecule has 112 valence electrons. The number of nitro groups is 1. The molecule has 0 amide bonds. The number of hydrogen-bond acceptors (Lipinski definition) is 4. The number of hydrogen-bond donors (Lipinski definition) is 0. The van der Waals surface area contributed by atoms with Crippen LogP contribution in [0.25, 0.3) is 0 Å². The molecule has 0 saturated carbocycles. The van der Waals surface area contributed by atoms with Crippen molar-refractivity contribution in [2.45, 2.75) is 25.3 Å². The van der Waals surface area contributed by atoms with E-state index in [0.29, 0.717) is 0 Å². The predicted octanol–water partition coefficient (Wildman–Crippen LogP) is 3.16. The SMILES string of the molecule is O=[N+]([O-])c1ccc([O-])c(C=N[C@@H]2CCCc3ccccc32)c1. The van der Waals surface area contributed by atoms with Gasteiger partial charge in [0.15, 0.2) is 0 Å². The molecule has 0 spiro atoms. The van der Waals surface area contributed by atoms with E-state index >= 15 is 0 Å². The van der Waals surface area contributed by atoms with Gasteiger partial charge in [-0.05, 0) is 36.0 Å². The average molecular weight is 295 g/mol. The lowest BCUT2D eigenvalue weighted by molar-refractivity contribution is -0.385. The van der Waals surface area contributed by atoms with Gasteiger partial charge in [0, 0.05) is 18.3 Å². The van der Waals surface area contributed by atoms with Crippen molar-refractivity contribution in [3.8, 4) is 5.75 Å². The van der Waals surface area contributed by atoms with E-state index in [1.165, 1.54) is 35.5 Å². The minimum Gasteiger partial charge on any atom is -0.872 e. The molecule has 0 radical (unpaired) electrons. The van der Waals surface area contributed by atoms with E-state index in [1.54, 1.807) is 0 Å². The standard InChI is InChI=1S/C17H16N2O3/c20-17-9-8-14(19(21)22)10-13(17)11-18-16-7-3-5-12-4-1-2-6-15(12)16/h1-2,4,6,8-11,16,20H,3,5,7H2/p-1/t16-/m1/s1. The number of nitrogens with zero attached hydrogens (tertiary/aromatic N) is 2. The first-order valence-corrected chi connectivity index (χ1v) is 7.21. The summed E-state index contributed by atoms with van der Waals surface area (Å²) in [5, 5.41) is 22.6. The van der Waals surface area contributed by atoms with Crippen LogP contribution in [0.3, 0.4) is 0 Å². The van der Waals surface area contributed by atoms with Crippen molar-refractivity contribution in [2.75, 3.05) is 0 Å². The molecule has 0 heterocycles. The van der Waals surface area contributed by atoms with Crippen molar-refractivity contribution in [1.29, 1.82) is 0 Å². The first-order valence-electron chi connectivity index (χ1n) is 7.21. The first-order chi connectivity index (χ1) is 10.6. The van der Waals surface area contributed by atoms with E-state index in [-0.39, 0.29) is 23.0 Å². The molecular weight excluding hydrogens is 280 g/mol. The van der Waals surface area contributed by atoms with Gasteiger partial charge >= 0.3 is 0 Å². The number of aryl methyl sites for hydroxylation is 1. The van der Waals surface area contributed by atoms with Crippen LogP contribution < -0.4 is 5.11 Å². The maximum atomic E-state index is 11.8. The van der Waals surface area contributed by atoms with Crippen LogP contribution >= 0.6 is 0 Å². The van der Waals surface area contributed by atoms with Crippen LogP contribution in [0.15, 0.2) is 47.5 Å².